The normalized spacial score (nSPS) is 16.7. The van der Waals surface area contributed by atoms with Gasteiger partial charge in [-0.05, 0) is 49.6 Å². The van der Waals surface area contributed by atoms with E-state index in [-0.39, 0.29) is 5.91 Å². The van der Waals surface area contributed by atoms with Gasteiger partial charge in [0.1, 0.15) is 0 Å². The van der Waals surface area contributed by atoms with E-state index in [4.69, 9.17) is 16.1 Å². The Morgan fingerprint density at radius 2 is 1.80 bits per heavy atom. The highest BCUT2D eigenvalue weighted by molar-refractivity contribution is 6.30. The van der Waals surface area contributed by atoms with Crippen molar-refractivity contribution in [2.45, 2.75) is 25.7 Å². The number of hydrogen-bond acceptors (Lipinski definition) is 5. The number of carbonyl (C=O) groups excluding carboxylic acids is 1. The van der Waals surface area contributed by atoms with Gasteiger partial charge in [0.25, 0.3) is 5.91 Å². The summed E-state index contributed by atoms with van der Waals surface area (Å²) in [6, 6.07) is 13.4. The summed E-state index contributed by atoms with van der Waals surface area (Å²) in [6.45, 7) is 5.03. The number of aryl methyl sites for hydroxylation is 1. The quantitative estimate of drug-likeness (QED) is 0.617. The SMILES string of the molecule is Cc1ccc(Cl)cc1N1CCN(C(=O)c2ccc(-c3noc(C4CC4)n3)cc2)CC1. The fraction of sp³-hybridized carbons (Fsp3) is 0.348. The molecule has 1 amide bonds. The summed E-state index contributed by atoms with van der Waals surface area (Å²) in [5.74, 6) is 1.79. The van der Waals surface area contributed by atoms with Crippen molar-refractivity contribution in [1.29, 1.82) is 0 Å². The van der Waals surface area contributed by atoms with Gasteiger partial charge in [0.2, 0.25) is 11.7 Å². The van der Waals surface area contributed by atoms with Crippen molar-refractivity contribution in [2.24, 2.45) is 0 Å². The summed E-state index contributed by atoms with van der Waals surface area (Å²) >= 11 is 6.17. The lowest BCUT2D eigenvalue weighted by Crippen LogP contribution is -2.49. The number of nitrogens with zero attached hydrogens (tertiary/aromatic N) is 4. The number of amides is 1. The lowest BCUT2D eigenvalue weighted by Gasteiger charge is -2.37. The molecule has 30 heavy (non-hydrogen) atoms. The monoisotopic (exact) mass is 422 g/mol. The van der Waals surface area contributed by atoms with Crippen LogP contribution in [0.15, 0.2) is 47.0 Å². The van der Waals surface area contributed by atoms with E-state index in [9.17, 15) is 4.79 Å². The number of piperazine rings is 1. The summed E-state index contributed by atoms with van der Waals surface area (Å²) in [6.07, 6.45) is 2.25. The molecule has 2 aliphatic rings. The number of hydrogen-bond donors (Lipinski definition) is 0. The summed E-state index contributed by atoms with van der Waals surface area (Å²) in [7, 11) is 0. The van der Waals surface area contributed by atoms with E-state index in [0.717, 1.165) is 48.1 Å². The molecule has 1 aliphatic heterocycles. The van der Waals surface area contributed by atoms with E-state index in [1.54, 1.807) is 0 Å². The summed E-state index contributed by atoms with van der Waals surface area (Å²) in [4.78, 5) is 21.6. The Morgan fingerprint density at radius 3 is 2.50 bits per heavy atom. The van der Waals surface area contributed by atoms with E-state index in [1.807, 2.05) is 47.4 Å². The minimum absolute atomic E-state index is 0.0517. The Labute approximate surface area is 180 Å². The minimum Gasteiger partial charge on any atom is -0.368 e. The van der Waals surface area contributed by atoms with Crippen molar-refractivity contribution in [3.63, 3.8) is 0 Å². The van der Waals surface area contributed by atoms with Gasteiger partial charge in [-0.25, -0.2) is 0 Å². The Hall–Kier alpha value is -2.86. The van der Waals surface area contributed by atoms with Gasteiger partial charge in [0.15, 0.2) is 0 Å². The first-order valence-electron chi connectivity index (χ1n) is 10.3. The fourth-order valence-corrected chi connectivity index (χ4v) is 4.03. The summed E-state index contributed by atoms with van der Waals surface area (Å²) in [5.41, 5.74) is 3.88. The second kappa shape index (κ2) is 7.76. The molecule has 2 heterocycles. The first-order chi connectivity index (χ1) is 14.6. The highest BCUT2D eigenvalue weighted by Crippen LogP contribution is 2.39. The van der Waals surface area contributed by atoms with Gasteiger partial charge in [-0.15, -0.1) is 0 Å². The van der Waals surface area contributed by atoms with E-state index >= 15 is 0 Å². The van der Waals surface area contributed by atoms with Gasteiger partial charge in [0.05, 0.1) is 0 Å². The lowest BCUT2D eigenvalue weighted by molar-refractivity contribution is 0.0747. The zero-order chi connectivity index (χ0) is 20.7. The number of anilines is 1. The van der Waals surface area contributed by atoms with Crippen LogP contribution < -0.4 is 4.90 Å². The molecule has 2 fully saturated rings. The Balaban J connectivity index is 1.23. The Kier molecular flexibility index (Phi) is 4.95. The van der Waals surface area contributed by atoms with Gasteiger partial charge < -0.3 is 14.3 Å². The van der Waals surface area contributed by atoms with Crippen molar-refractivity contribution in [3.05, 3.63) is 64.5 Å². The van der Waals surface area contributed by atoms with Crippen LogP contribution >= 0.6 is 11.6 Å². The molecule has 0 spiro atoms. The standard InChI is InChI=1S/C23H23ClN4O2/c1-15-2-9-19(24)14-20(15)27-10-12-28(13-11-27)23(29)18-7-3-16(4-8-18)21-25-22(30-26-21)17-5-6-17/h2-4,7-9,14,17H,5-6,10-13H2,1H3. The van der Waals surface area contributed by atoms with Gasteiger partial charge in [-0.1, -0.05) is 35.0 Å². The van der Waals surface area contributed by atoms with Gasteiger partial charge in [0, 0.05) is 53.9 Å². The van der Waals surface area contributed by atoms with Crippen LogP contribution in [0.1, 0.15) is 40.6 Å². The predicted molar refractivity (Wildman–Crippen MR) is 116 cm³/mol. The number of rotatable bonds is 4. The Morgan fingerprint density at radius 1 is 1.07 bits per heavy atom. The maximum Gasteiger partial charge on any atom is 0.253 e. The average molecular weight is 423 g/mol. The van der Waals surface area contributed by atoms with E-state index in [2.05, 4.69) is 22.0 Å². The topological polar surface area (TPSA) is 62.5 Å². The second-order valence-corrected chi connectivity index (χ2v) is 8.45. The highest BCUT2D eigenvalue weighted by atomic mass is 35.5. The molecule has 3 aromatic rings. The molecule has 1 saturated heterocycles. The van der Waals surface area contributed by atoms with Crippen LogP contribution in [0.3, 0.4) is 0 Å². The number of aromatic nitrogens is 2. The van der Waals surface area contributed by atoms with Crippen LogP contribution in [0.5, 0.6) is 0 Å². The first kappa shape index (κ1) is 19.1. The number of carbonyl (C=O) groups is 1. The molecule has 0 bridgehead atoms. The molecular weight excluding hydrogens is 400 g/mol. The maximum atomic E-state index is 12.9. The predicted octanol–water partition coefficient (Wildman–Crippen LogP) is 4.54. The summed E-state index contributed by atoms with van der Waals surface area (Å²) < 4.78 is 5.33. The van der Waals surface area contributed by atoms with E-state index in [0.29, 0.717) is 30.4 Å². The zero-order valence-corrected chi connectivity index (χ0v) is 17.6. The van der Waals surface area contributed by atoms with Gasteiger partial charge in [-0.2, -0.15) is 4.98 Å². The van der Waals surface area contributed by atoms with Crippen molar-refractivity contribution < 1.29 is 9.32 Å². The third-order valence-corrected chi connectivity index (χ3v) is 6.07. The van der Waals surface area contributed by atoms with Gasteiger partial charge in [-0.3, -0.25) is 4.79 Å². The second-order valence-electron chi connectivity index (χ2n) is 8.02. The third-order valence-electron chi connectivity index (χ3n) is 5.84. The molecule has 2 aromatic carbocycles. The van der Waals surface area contributed by atoms with Crippen LogP contribution in [0, 0.1) is 6.92 Å². The highest BCUT2D eigenvalue weighted by Gasteiger charge is 2.30. The van der Waals surface area contributed by atoms with Crippen molar-refractivity contribution in [2.75, 3.05) is 31.1 Å². The van der Waals surface area contributed by atoms with Crippen LogP contribution in [-0.4, -0.2) is 47.1 Å². The van der Waals surface area contributed by atoms with E-state index < -0.39 is 0 Å². The largest absolute Gasteiger partial charge is 0.368 e. The van der Waals surface area contributed by atoms with Crippen molar-refractivity contribution >= 4 is 23.2 Å². The molecule has 5 rings (SSSR count). The molecule has 1 aliphatic carbocycles. The molecule has 0 N–H and O–H groups in total. The molecule has 1 aromatic heterocycles. The molecule has 0 atom stereocenters. The molecule has 154 valence electrons. The van der Waals surface area contributed by atoms with Crippen LogP contribution in [0.4, 0.5) is 5.69 Å². The van der Waals surface area contributed by atoms with Gasteiger partial charge >= 0.3 is 0 Å². The van der Waals surface area contributed by atoms with E-state index in [1.165, 1.54) is 5.56 Å². The fourth-order valence-electron chi connectivity index (χ4n) is 3.87. The molecule has 7 heteroatoms. The molecule has 0 radical (unpaired) electrons. The maximum absolute atomic E-state index is 12.9. The molecule has 0 unspecified atom stereocenters. The van der Waals surface area contributed by atoms with Crippen molar-refractivity contribution in [3.8, 4) is 11.4 Å². The lowest BCUT2D eigenvalue weighted by atomic mass is 10.1. The number of benzene rings is 2. The smallest absolute Gasteiger partial charge is 0.253 e. The Bertz CT molecular complexity index is 1070. The van der Waals surface area contributed by atoms with Crippen LogP contribution in [-0.2, 0) is 0 Å². The average Bonchev–Trinajstić information content (AvgIpc) is 3.52. The first-order valence-corrected chi connectivity index (χ1v) is 10.7. The third kappa shape index (κ3) is 3.79. The molecular formula is C23H23ClN4O2. The van der Waals surface area contributed by atoms with Crippen LogP contribution in [0.2, 0.25) is 5.02 Å². The number of halogens is 1. The van der Waals surface area contributed by atoms with Crippen molar-refractivity contribution in [1.82, 2.24) is 15.0 Å². The molecule has 1 saturated carbocycles. The minimum atomic E-state index is 0.0517. The van der Waals surface area contributed by atoms with Crippen LogP contribution in [0.25, 0.3) is 11.4 Å². The molecule has 6 nitrogen and oxygen atoms in total. The summed E-state index contributed by atoms with van der Waals surface area (Å²) in [5, 5.41) is 4.80. The zero-order valence-electron chi connectivity index (χ0n) is 16.8.